The first-order valence-corrected chi connectivity index (χ1v) is 8.25. The lowest BCUT2D eigenvalue weighted by atomic mass is 9.95. The number of nitrogens with zero attached hydrogens (tertiary/aromatic N) is 1. The molecular formula is C18H26N2O. The van der Waals surface area contributed by atoms with Crippen LogP contribution in [0.1, 0.15) is 60.0 Å². The summed E-state index contributed by atoms with van der Waals surface area (Å²) in [6, 6.07) is 4.36. The summed E-state index contributed by atoms with van der Waals surface area (Å²) in [5.41, 5.74) is 9.63. The molecule has 3 heteroatoms. The van der Waals surface area contributed by atoms with Crippen LogP contribution in [0.15, 0.2) is 12.1 Å². The van der Waals surface area contributed by atoms with Crippen LogP contribution in [0, 0.1) is 19.8 Å². The summed E-state index contributed by atoms with van der Waals surface area (Å²) in [6.07, 6.45) is 7.58. The summed E-state index contributed by atoms with van der Waals surface area (Å²) in [6.45, 7) is 4.92. The van der Waals surface area contributed by atoms with Gasteiger partial charge >= 0.3 is 0 Å². The first-order valence-electron chi connectivity index (χ1n) is 8.25. The molecule has 1 aliphatic carbocycles. The van der Waals surface area contributed by atoms with E-state index in [1.165, 1.54) is 32.1 Å². The average molecular weight is 286 g/mol. The number of likely N-dealkylation sites (tertiary alicyclic amines) is 1. The molecule has 0 bridgehead atoms. The van der Waals surface area contributed by atoms with Crippen LogP contribution >= 0.6 is 0 Å². The molecule has 1 atom stereocenters. The van der Waals surface area contributed by atoms with E-state index < -0.39 is 0 Å². The lowest BCUT2D eigenvalue weighted by molar-refractivity contribution is 0.0688. The molecule has 0 radical (unpaired) electrons. The first-order chi connectivity index (χ1) is 10.1. The van der Waals surface area contributed by atoms with Crippen LogP contribution in [0.4, 0.5) is 5.69 Å². The van der Waals surface area contributed by atoms with Gasteiger partial charge in [-0.15, -0.1) is 0 Å². The zero-order valence-electron chi connectivity index (χ0n) is 13.2. The van der Waals surface area contributed by atoms with E-state index in [0.717, 1.165) is 41.3 Å². The molecule has 114 valence electrons. The summed E-state index contributed by atoms with van der Waals surface area (Å²) in [5, 5.41) is 0. The van der Waals surface area contributed by atoms with E-state index >= 15 is 0 Å². The molecule has 3 rings (SSSR count). The van der Waals surface area contributed by atoms with Crippen molar-refractivity contribution >= 4 is 11.6 Å². The van der Waals surface area contributed by atoms with E-state index in [1.807, 2.05) is 26.0 Å². The Kier molecular flexibility index (Phi) is 3.92. The molecule has 1 saturated heterocycles. The van der Waals surface area contributed by atoms with Crippen LogP contribution < -0.4 is 5.73 Å². The number of carbonyl (C=O) groups excluding carboxylic acids is 1. The quantitative estimate of drug-likeness (QED) is 0.843. The minimum atomic E-state index is 0.189. The number of nitrogens with two attached hydrogens (primary N) is 1. The smallest absolute Gasteiger partial charge is 0.254 e. The fraction of sp³-hybridized carbons (Fsp3) is 0.611. The SMILES string of the molecule is Cc1cc(C)c(C(=O)N2CCCC2C2CCCC2)cc1N. The molecule has 2 aliphatic rings. The third-order valence-electron chi connectivity index (χ3n) is 5.35. The Morgan fingerprint density at radius 3 is 2.52 bits per heavy atom. The van der Waals surface area contributed by atoms with Crippen molar-refractivity contribution in [1.82, 2.24) is 4.90 Å². The fourth-order valence-corrected chi connectivity index (χ4v) is 4.13. The molecule has 3 nitrogen and oxygen atoms in total. The maximum atomic E-state index is 13.0. The minimum absolute atomic E-state index is 0.189. The van der Waals surface area contributed by atoms with Crippen molar-refractivity contribution in [1.29, 1.82) is 0 Å². The first kappa shape index (κ1) is 14.4. The molecule has 1 saturated carbocycles. The number of anilines is 1. The third-order valence-corrected chi connectivity index (χ3v) is 5.35. The Morgan fingerprint density at radius 2 is 1.81 bits per heavy atom. The fourth-order valence-electron chi connectivity index (χ4n) is 4.13. The van der Waals surface area contributed by atoms with Crippen LogP contribution in [0.25, 0.3) is 0 Å². The summed E-state index contributed by atoms with van der Waals surface area (Å²) >= 11 is 0. The number of nitrogen functional groups attached to an aromatic ring is 1. The van der Waals surface area contributed by atoms with Crippen molar-refractivity contribution in [3.63, 3.8) is 0 Å². The Bertz CT molecular complexity index is 546. The Morgan fingerprint density at radius 1 is 1.10 bits per heavy atom. The number of hydrogen-bond acceptors (Lipinski definition) is 2. The summed E-state index contributed by atoms with van der Waals surface area (Å²) in [4.78, 5) is 15.1. The Balaban J connectivity index is 1.85. The summed E-state index contributed by atoms with van der Waals surface area (Å²) < 4.78 is 0. The predicted octanol–water partition coefficient (Wildman–Crippen LogP) is 3.68. The van der Waals surface area contributed by atoms with Crippen molar-refractivity contribution in [2.45, 2.75) is 58.4 Å². The largest absolute Gasteiger partial charge is 0.398 e. The second-order valence-corrected chi connectivity index (χ2v) is 6.78. The standard InChI is InChI=1S/C18H26N2O/c1-12-10-13(2)16(19)11-15(12)18(21)20-9-5-8-17(20)14-6-3-4-7-14/h10-11,14,17H,3-9,19H2,1-2H3. The van der Waals surface area contributed by atoms with Crippen LogP contribution in [-0.4, -0.2) is 23.4 Å². The highest BCUT2D eigenvalue weighted by molar-refractivity contribution is 5.97. The van der Waals surface area contributed by atoms with E-state index in [2.05, 4.69) is 4.90 Å². The van der Waals surface area contributed by atoms with Gasteiger partial charge in [0.1, 0.15) is 0 Å². The highest BCUT2D eigenvalue weighted by Gasteiger charge is 2.36. The lowest BCUT2D eigenvalue weighted by Crippen LogP contribution is -2.39. The summed E-state index contributed by atoms with van der Waals surface area (Å²) in [5.74, 6) is 0.910. The van der Waals surface area contributed by atoms with Gasteiger partial charge in [-0.2, -0.15) is 0 Å². The van der Waals surface area contributed by atoms with E-state index in [4.69, 9.17) is 5.73 Å². The molecule has 1 heterocycles. The van der Waals surface area contributed by atoms with Crippen LogP contribution in [0.3, 0.4) is 0 Å². The number of amides is 1. The van der Waals surface area contributed by atoms with E-state index in [1.54, 1.807) is 0 Å². The second kappa shape index (κ2) is 5.70. The van der Waals surface area contributed by atoms with Crippen molar-refractivity contribution in [2.24, 2.45) is 5.92 Å². The number of benzene rings is 1. The predicted molar refractivity (Wildman–Crippen MR) is 86.3 cm³/mol. The number of carbonyl (C=O) groups is 1. The Hall–Kier alpha value is -1.51. The van der Waals surface area contributed by atoms with Crippen LogP contribution in [-0.2, 0) is 0 Å². The third kappa shape index (κ3) is 2.66. The van der Waals surface area contributed by atoms with Crippen LogP contribution in [0.5, 0.6) is 0 Å². The van der Waals surface area contributed by atoms with Gasteiger partial charge < -0.3 is 10.6 Å². The van der Waals surface area contributed by atoms with Crippen molar-refractivity contribution in [2.75, 3.05) is 12.3 Å². The van der Waals surface area contributed by atoms with Gasteiger partial charge in [0.2, 0.25) is 0 Å². The average Bonchev–Trinajstić information content (AvgIpc) is 3.11. The molecule has 21 heavy (non-hydrogen) atoms. The number of aryl methyl sites for hydroxylation is 2. The molecule has 1 amide bonds. The zero-order valence-corrected chi connectivity index (χ0v) is 13.2. The van der Waals surface area contributed by atoms with Crippen molar-refractivity contribution in [3.8, 4) is 0 Å². The van der Waals surface area contributed by atoms with E-state index in [-0.39, 0.29) is 5.91 Å². The highest BCUT2D eigenvalue weighted by atomic mass is 16.2. The minimum Gasteiger partial charge on any atom is -0.398 e. The highest BCUT2D eigenvalue weighted by Crippen LogP contribution is 2.36. The van der Waals surface area contributed by atoms with Crippen molar-refractivity contribution < 1.29 is 4.79 Å². The normalized spacial score (nSPS) is 23.0. The Labute approximate surface area is 127 Å². The van der Waals surface area contributed by atoms with Gasteiger partial charge in [-0.25, -0.2) is 0 Å². The summed E-state index contributed by atoms with van der Waals surface area (Å²) in [7, 11) is 0. The topological polar surface area (TPSA) is 46.3 Å². The molecule has 1 unspecified atom stereocenters. The van der Waals surface area contributed by atoms with Gasteiger partial charge in [-0.3, -0.25) is 4.79 Å². The van der Waals surface area contributed by atoms with Gasteiger partial charge in [-0.05, 0) is 62.6 Å². The molecule has 2 N–H and O–H groups in total. The van der Waals surface area contributed by atoms with Gasteiger partial charge in [0.25, 0.3) is 5.91 Å². The number of hydrogen-bond donors (Lipinski definition) is 1. The van der Waals surface area contributed by atoms with Gasteiger partial charge in [0, 0.05) is 23.8 Å². The second-order valence-electron chi connectivity index (χ2n) is 6.78. The zero-order chi connectivity index (χ0) is 15.0. The van der Waals surface area contributed by atoms with Crippen LogP contribution in [0.2, 0.25) is 0 Å². The molecular weight excluding hydrogens is 260 g/mol. The van der Waals surface area contributed by atoms with Gasteiger partial charge in [0.15, 0.2) is 0 Å². The number of rotatable bonds is 2. The molecule has 1 aliphatic heterocycles. The monoisotopic (exact) mass is 286 g/mol. The van der Waals surface area contributed by atoms with Crippen molar-refractivity contribution in [3.05, 3.63) is 28.8 Å². The van der Waals surface area contributed by atoms with Gasteiger partial charge in [0.05, 0.1) is 0 Å². The maximum Gasteiger partial charge on any atom is 0.254 e. The maximum absolute atomic E-state index is 13.0. The molecule has 2 fully saturated rings. The lowest BCUT2D eigenvalue weighted by Gasteiger charge is -2.30. The molecule has 0 aromatic heterocycles. The van der Waals surface area contributed by atoms with E-state index in [9.17, 15) is 4.79 Å². The molecule has 1 aromatic rings. The van der Waals surface area contributed by atoms with E-state index in [0.29, 0.717) is 6.04 Å². The molecule has 0 spiro atoms. The van der Waals surface area contributed by atoms with Gasteiger partial charge in [-0.1, -0.05) is 18.9 Å². The molecule has 1 aromatic carbocycles.